The first-order chi connectivity index (χ1) is 9.08. The summed E-state index contributed by atoms with van der Waals surface area (Å²) in [6.07, 6.45) is 3.55. The fourth-order valence-electron chi connectivity index (χ4n) is 1.91. The maximum absolute atomic E-state index is 11.1. The minimum Gasteiger partial charge on any atom is -0.397 e. The average Bonchev–Trinajstić information content (AvgIpc) is 2.39. The van der Waals surface area contributed by atoms with Gasteiger partial charge in [-0.05, 0) is 29.8 Å². The van der Waals surface area contributed by atoms with Crippen LogP contribution in [0.15, 0.2) is 42.7 Å². The summed E-state index contributed by atoms with van der Waals surface area (Å²) in [5, 5.41) is 0. The van der Waals surface area contributed by atoms with Crippen molar-refractivity contribution in [1.29, 1.82) is 0 Å². The smallest absolute Gasteiger partial charge is 0.248 e. The van der Waals surface area contributed by atoms with Crippen molar-refractivity contribution in [3.8, 4) is 0 Å². The molecule has 0 radical (unpaired) electrons. The summed E-state index contributed by atoms with van der Waals surface area (Å²) in [5.74, 6) is -0.479. The predicted octanol–water partition coefficient (Wildman–Crippen LogP) is 1.40. The summed E-state index contributed by atoms with van der Waals surface area (Å²) in [7, 11) is 1.93. The van der Waals surface area contributed by atoms with Gasteiger partial charge in [0.25, 0.3) is 0 Å². The van der Waals surface area contributed by atoms with Crippen molar-refractivity contribution in [3.05, 3.63) is 53.9 Å². The number of amides is 1. The third-order valence-electron chi connectivity index (χ3n) is 2.87. The molecule has 19 heavy (non-hydrogen) atoms. The molecule has 4 N–H and O–H groups in total. The number of nitrogen functional groups attached to an aromatic ring is 1. The Labute approximate surface area is 111 Å². The van der Waals surface area contributed by atoms with Crippen LogP contribution in [0.5, 0.6) is 0 Å². The van der Waals surface area contributed by atoms with Crippen molar-refractivity contribution in [3.63, 3.8) is 0 Å². The maximum atomic E-state index is 11.1. The Morgan fingerprint density at radius 1 is 1.37 bits per heavy atom. The molecule has 0 atom stereocenters. The number of hydrogen-bond acceptors (Lipinski definition) is 4. The molecule has 0 saturated heterocycles. The van der Waals surface area contributed by atoms with E-state index in [9.17, 15) is 4.79 Å². The second-order valence-electron chi connectivity index (χ2n) is 4.36. The van der Waals surface area contributed by atoms with Crippen LogP contribution >= 0.6 is 0 Å². The minimum absolute atomic E-state index is 0.413. The van der Waals surface area contributed by atoms with E-state index in [4.69, 9.17) is 11.5 Å². The molecule has 2 rings (SSSR count). The van der Waals surface area contributed by atoms with Gasteiger partial charge in [-0.2, -0.15) is 0 Å². The van der Waals surface area contributed by atoms with Gasteiger partial charge >= 0.3 is 0 Å². The highest BCUT2D eigenvalue weighted by molar-refractivity contribution is 5.94. The third-order valence-corrected chi connectivity index (χ3v) is 2.87. The van der Waals surface area contributed by atoms with Gasteiger partial charge in [0.1, 0.15) is 0 Å². The van der Waals surface area contributed by atoms with Crippen LogP contribution in [-0.2, 0) is 6.54 Å². The summed E-state index contributed by atoms with van der Waals surface area (Å²) in [6.45, 7) is 0.688. The van der Waals surface area contributed by atoms with Crippen molar-refractivity contribution in [2.24, 2.45) is 5.73 Å². The molecule has 1 heterocycles. The largest absolute Gasteiger partial charge is 0.397 e. The molecule has 0 fully saturated rings. The highest BCUT2D eigenvalue weighted by Gasteiger charge is 2.09. The SMILES string of the molecule is CN(Cc1cccnc1)c1ccc(C(N)=O)cc1N. The van der Waals surface area contributed by atoms with Crippen LogP contribution < -0.4 is 16.4 Å². The molecule has 1 aromatic heterocycles. The summed E-state index contributed by atoms with van der Waals surface area (Å²) in [6, 6.07) is 8.96. The third kappa shape index (κ3) is 3.01. The van der Waals surface area contributed by atoms with Gasteiger partial charge in [0.15, 0.2) is 0 Å². The highest BCUT2D eigenvalue weighted by atomic mass is 16.1. The molecule has 1 amide bonds. The number of anilines is 2. The fourth-order valence-corrected chi connectivity index (χ4v) is 1.91. The van der Waals surface area contributed by atoms with Gasteiger partial charge in [0.05, 0.1) is 11.4 Å². The van der Waals surface area contributed by atoms with Crippen molar-refractivity contribution in [2.45, 2.75) is 6.54 Å². The first kappa shape index (κ1) is 12.9. The van der Waals surface area contributed by atoms with E-state index < -0.39 is 5.91 Å². The number of benzene rings is 1. The van der Waals surface area contributed by atoms with Gasteiger partial charge in [-0.25, -0.2) is 0 Å². The first-order valence-corrected chi connectivity index (χ1v) is 5.87. The molecule has 2 aromatic rings. The molecule has 5 heteroatoms. The second kappa shape index (κ2) is 5.39. The van der Waals surface area contributed by atoms with E-state index in [1.165, 1.54) is 0 Å². The Kier molecular flexibility index (Phi) is 3.66. The quantitative estimate of drug-likeness (QED) is 0.810. The number of nitrogens with zero attached hydrogens (tertiary/aromatic N) is 2. The van der Waals surface area contributed by atoms with Crippen LogP contribution in [0.2, 0.25) is 0 Å². The van der Waals surface area contributed by atoms with Crippen LogP contribution in [0, 0.1) is 0 Å². The molecule has 0 saturated carbocycles. The van der Waals surface area contributed by atoms with Gasteiger partial charge in [0, 0.05) is 31.5 Å². The van der Waals surface area contributed by atoms with Crippen molar-refractivity contribution < 1.29 is 4.79 Å². The van der Waals surface area contributed by atoms with Crippen molar-refractivity contribution >= 4 is 17.3 Å². The molecule has 0 aliphatic carbocycles. The first-order valence-electron chi connectivity index (χ1n) is 5.87. The molecule has 0 aliphatic heterocycles. The number of rotatable bonds is 4. The van der Waals surface area contributed by atoms with Gasteiger partial charge in [0.2, 0.25) is 5.91 Å². The van der Waals surface area contributed by atoms with E-state index in [-0.39, 0.29) is 0 Å². The zero-order valence-electron chi connectivity index (χ0n) is 10.7. The Hall–Kier alpha value is -2.56. The van der Waals surface area contributed by atoms with Crippen LogP contribution in [0.1, 0.15) is 15.9 Å². The van der Waals surface area contributed by atoms with E-state index in [1.807, 2.05) is 30.3 Å². The van der Waals surface area contributed by atoms with E-state index in [1.54, 1.807) is 24.4 Å². The lowest BCUT2D eigenvalue weighted by Gasteiger charge is -2.21. The molecule has 0 aliphatic rings. The average molecular weight is 256 g/mol. The normalized spacial score (nSPS) is 10.2. The lowest BCUT2D eigenvalue weighted by molar-refractivity contribution is 0.100. The fraction of sp³-hybridized carbons (Fsp3) is 0.143. The zero-order valence-corrected chi connectivity index (χ0v) is 10.7. The second-order valence-corrected chi connectivity index (χ2v) is 4.36. The molecule has 0 unspecified atom stereocenters. The summed E-state index contributed by atoms with van der Waals surface area (Å²) in [4.78, 5) is 17.1. The number of pyridine rings is 1. The number of nitrogens with two attached hydrogens (primary N) is 2. The number of aromatic nitrogens is 1. The maximum Gasteiger partial charge on any atom is 0.248 e. The van der Waals surface area contributed by atoms with Gasteiger partial charge in [-0.3, -0.25) is 9.78 Å². The number of carbonyl (C=O) groups is 1. The lowest BCUT2D eigenvalue weighted by atomic mass is 10.1. The molecule has 1 aromatic carbocycles. The van der Waals surface area contributed by atoms with E-state index in [2.05, 4.69) is 4.98 Å². The Bertz CT molecular complexity index is 583. The van der Waals surface area contributed by atoms with E-state index >= 15 is 0 Å². The summed E-state index contributed by atoms with van der Waals surface area (Å²) in [5.41, 5.74) is 14.0. The molecule has 0 spiro atoms. The number of carbonyl (C=O) groups excluding carboxylic acids is 1. The Balaban J connectivity index is 2.20. The van der Waals surface area contributed by atoms with Crippen molar-refractivity contribution in [1.82, 2.24) is 4.98 Å². The van der Waals surface area contributed by atoms with Crippen molar-refractivity contribution in [2.75, 3.05) is 17.7 Å². The summed E-state index contributed by atoms with van der Waals surface area (Å²) >= 11 is 0. The van der Waals surface area contributed by atoms with Crippen LogP contribution in [-0.4, -0.2) is 17.9 Å². The van der Waals surface area contributed by atoms with Gasteiger partial charge < -0.3 is 16.4 Å². The molecular weight excluding hydrogens is 240 g/mol. The lowest BCUT2D eigenvalue weighted by Crippen LogP contribution is -2.19. The standard InChI is InChI=1S/C14H16N4O/c1-18(9-10-3-2-6-17-8-10)13-5-4-11(14(16)19)7-12(13)15/h2-8H,9,15H2,1H3,(H2,16,19). The summed E-state index contributed by atoms with van der Waals surface area (Å²) < 4.78 is 0. The minimum atomic E-state index is -0.479. The number of hydrogen-bond donors (Lipinski definition) is 2. The van der Waals surface area contributed by atoms with E-state index in [0.717, 1.165) is 11.3 Å². The van der Waals surface area contributed by atoms with Crippen LogP contribution in [0.3, 0.4) is 0 Å². The monoisotopic (exact) mass is 256 g/mol. The molecule has 0 bridgehead atoms. The topological polar surface area (TPSA) is 85.2 Å². The van der Waals surface area contributed by atoms with Crippen LogP contribution in [0.25, 0.3) is 0 Å². The van der Waals surface area contributed by atoms with Crippen LogP contribution in [0.4, 0.5) is 11.4 Å². The number of primary amides is 1. The molecule has 98 valence electrons. The highest BCUT2D eigenvalue weighted by Crippen LogP contribution is 2.24. The zero-order chi connectivity index (χ0) is 13.8. The van der Waals surface area contributed by atoms with E-state index in [0.29, 0.717) is 17.8 Å². The van der Waals surface area contributed by atoms with Gasteiger partial charge in [-0.15, -0.1) is 0 Å². The molecular formula is C14H16N4O. The van der Waals surface area contributed by atoms with Gasteiger partial charge in [-0.1, -0.05) is 6.07 Å². The Morgan fingerprint density at radius 2 is 2.16 bits per heavy atom. The predicted molar refractivity (Wildman–Crippen MR) is 75.7 cm³/mol. The Morgan fingerprint density at radius 3 is 2.74 bits per heavy atom. The molecule has 5 nitrogen and oxygen atoms in total.